The first-order chi connectivity index (χ1) is 16.5. The number of pyridine rings is 1. The molecule has 1 aliphatic heterocycles. The Hall–Kier alpha value is -4.00. The molecule has 5 rings (SSSR count). The van der Waals surface area contributed by atoms with Gasteiger partial charge in [-0.1, -0.05) is 24.3 Å². The number of aromatic nitrogens is 2. The minimum atomic E-state index is -0.963. The summed E-state index contributed by atoms with van der Waals surface area (Å²) in [5.41, 5.74) is 5.11. The zero-order chi connectivity index (χ0) is 23.7. The number of carbonyl (C=O) groups is 2. The normalized spacial score (nSPS) is 13.1. The molecule has 4 aromatic rings. The van der Waals surface area contributed by atoms with E-state index in [1.165, 1.54) is 17.7 Å². The maximum atomic E-state index is 13.8. The molecule has 1 N–H and O–H groups in total. The van der Waals surface area contributed by atoms with Crippen molar-refractivity contribution in [2.45, 2.75) is 32.4 Å². The van der Waals surface area contributed by atoms with Crippen LogP contribution in [0.3, 0.4) is 0 Å². The van der Waals surface area contributed by atoms with Crippen LogP contribution in [0.5, 0.6) is 0 Å². The highest BCUT2D eigenvalue weighted by Crippen LogP contribution is 2.31. The molecule has 7 heteroatoms. The lowest BCUT2D eigenvalue weighted by atomic mass is 10.0. The van der Waals surface area contributed by atoms with Crippen LogP contribution in [-0.2, 0) is 30.7 Å². The smallest absolute Gasteiger partial charge is 0.335 e. The van der Waals surface area contributed by atoms with Gasteiger partial charge in [0.15, 0.2) is 0 Å². The standard InChI is InChI=1S/C27H24FN3O3/c28-21-4-1-3-19(15-21)16-31-24-17-30(14-12-22(24)23-5-2-13-29-26(23)31)25(32)11-8-18-6-9-20(10-7-18)27(33)34/h1-7,9-10,13,15H,8,11-12,14,16-17H2,(H,33,34). The van der Waals surface area contributed by atoms with Crippen molar-refractivity contribution in [3.63, 3.8) is 0 Å². The molecule has 0 saturated carbocycles. The Balaban J connectivity index is 1.36. The van der Waals surface area contributed by atoms with Crippen molar-refractivity contribution in [3.05, 3.63) is 101 Å². The summed E-state index contributed by atoms with van der Waals surface area (Å²) in [4.78, 5) is 30.5. The van der Waals surface area contributed by atoms with Gasteiger partial charge in [-0.15, -0.1) is 0 Å². The number of hydrogen-bond donors (Lipinski definition) is 1. The van der Waals surface area contributed by atoms with Gasteiger partial charge in [-0.3, -0.25) is 4.79 Å². The second-order valence-electron chi connectivity index (χ2n) is 8.58. The lowest BCUT2D eigenvalue weighted by Crippen LogP contribution is -2.36. The van der Waals surface area contributed by atoms with Gasteiger partial charge in [-0.25, -0.2) is 14.2 Å². The van der Waals surface area contributed by atoms with E-state index in [-0.39, 0.29) is 17.3 Å². The number of carboxylic acids is 1. The molecule has 172 valence electrons. The molecule has 0 aliphatic carbocycles. The van der Waals surface area contributed by atoms with Gasteiger partial charge < -0.3 is 14.6 Å². The predicted octanol–water partition coefficient (Wildman–Crippen LogP) is 4.44. The van der Waals surface area contributed by atoms with E-state index in [0.29, 0.717) is 32.5 Å². The maximum absolute atomic E-state index is 13.8. The Morgan fingerprint density at radius 3 is 2.62 bits per heavy atom. The number of nitrogens with zero attached hydrogens (tertiary/aromatic N) is 3. The van der Waals surface area contributed by atoms with Crippen LogP contribution in [0.25, 0.3) is 11.0 Å². The lowest BCUT2D eigenvalue weighted by molar-refractivity contribution is -0.132. The number of aryl methyl sites for hydroxylation is 1. The third-order valence-corrected chi connectivity index (χ3v) is 6.42. The summed E-state index contributed by atoms with van der Waals surface area (Å²) >= 11 is 0. The van der Waals surface area contributed by atoms with Crippen LogP contribution in [-0.4, -0.2) is 38.0 Å². The van der Waals surface area contributed by atoms with Gasteiger partial charge in [-0.2, -0.15) is 0 Å². The summed E-state index contributed by atoms with van der Waals surface area (Å²) in [5, 5.41) is 10.1. The molecule has 1 aliphatic rings. The van der Waals surface area contributed by atoms with E-state index >= 15 is 0 Å². The van der Waals surface area contributed by atoms with Gasteiger partial charge >= 0.3 is 5.97 Å². The van der Waals surface area contributed by atoms with Crippen LogP contribution < -0.4 is 0 Å². The topological polar surface area (TPSA) is 75.4 Å². The van der Waals surface area contributed by atoms with Crippen molar-refractivity contribution in [2.24, 2.45) is 0 Å². The molecule has 6 nitrogen and oxygen atoms in total. The van der Waals surface area contributed by atoms with E-state index in [4.69, 9.17) is 5.11 Å². The molecule has 0 atom stereocenters. The fourth-order valence-corrected chi connectivity index (χ4v) is 4.68. The molecule has 0 radical (unpaired) electrons. The number of hydrogen-bond acceptors (Lipinski definition) is 3. The number of benzene rings is 2. The molecule has 0 fully saturated rings. The van der Waals surface area contributed by atoms with Crippen LogP contribution in [0.2, 0.25) is 0 Å². The molecule has 2 aromatic carbocycles. The first kappa shape index (κ1) is 21.8. The Morgan fingerprint density at radius 2 is 1.85 bits per heavy atom. The first-order valence-corrected chi connectivity index (χ1v) is 11.3. The minimum Gasteiger partial charge on any atom is -0.478 e. The number of aromatic carboxylic acids is 1. The minimum absolute atomic E-state index is 0.0588. The Kier molecular flexibility index (Phi) is 5.84. The highest BCUT2D eigenvalue weighted by Gasteiger charge is 2.27. The Labute approximate surface area is 196 Å². The van der Waals surface area contributed by atoms with E-state index in [9.17, 15) is 14.0 Å². The van der Waals surface area contributed by atoms with Crippen molar-refractivity contribution in [1.29, 1.82) is 0 Å². The fourth-order valence-electron chi connectivity index (χ4n) is 4.68. The largest absolute Gasteiger partial charge is 0.478 e. The monoisotopic (exact) mass is 457 g/mol. The number of carboxylic acid groups (broad SMARTS) is 1. The number of carbonyl (C=O) groups excluding carboxylic acids is 1. The molecular weight excluding hydrogens is 433 g/mol. The molecular formula is C27H24FN3O3. The number of fused-ring (bicyclic) bond motifs is 3. The van der Waals surface area contributed by atoms with Gasteiger partial charge in [0.1, 0.15) is 11.5 Å². The molecule has 0 saturated heterocycles. The van der Waals surface area contributed by atoms with Gasteiger partial charge in [0, 0.05) is 36.8 Å². The number of halogens is 1. The Morgan fingerprint density at radius 1 is 1.03 bits per heavy atom. The van der Waals surface area contributed by atoms with Crippen LogP contribution >= 0.6 is 0 Å². The van der Waals surface area contributed by atoms with Crippen LogP contribution in [0.15, 0.2) is 66.9 Å². The van der Waals surface area contributed by atoms with Gasteiger partial charge in [0.2, 0.25) is 5.91 Å². The average molecular weight is 458 g/mol. The van der Waals surface area contributed by atoms with E-state index in [2.05, 4.69) is 15.6 Å². The summed E-state index contributed by atoms with van der Waals surface area (Å²) in [5.74, 6) is -1.18. The van der Waals surface area contributed by atoms with E-state index < -0.39 is 5.97 Å². The van der Waals surface area contributed by atoms with E-state index in [1.54, 1.807) is 36.5 Å². The quantitative estimate of drug-likeness (QED) is 0.465. The first-order valence-electron chi connectivity index (χ1n) is 11.3. The average Bonchev–Trinajstić information content (AvgIpc) is 3.16. The van der Waals surface area contributed by atoms with Crippen molar-refractivity contribution in [2.75, 3.05) is 6.54 Å². The third kappa shape index (κ3) is 4.29. The van der Waals surface area contributed by atoms with E-state index in [1.807, 2.05) is 17.0 Å². The SMILES string of the molecule is O=C(O)c1ccc(CCC(=O)N2CCc3c(n(Cc4cccc(F)c4)c4ncccc34)C2)cc1. The van der Waals surface area contributed by atoms with Crippen molar-refractivity contribution >= 4 is 22.9 Å². The van der Waals surface area contributed by atoms with Crippen LogP contribution in [0.4, 0.5) is 4.39 Å². The number of amides is 1. The second kappa shape index (κ2) is 9.09. The fraction of sp³-hybridized carbons (Fsp3) is 0.222. The summed E-state index contributed by atoms with van der Waals surface area (Å²) in [6.07, 6.45) is 3.40. The number of rotatable bonds is 6. The molecule has 0 unspecified atom stereocenters. The molecule has 0 spiro atoms. The van der Waals surface area contributed by atoms with Gasteiger partial charge in [0.25, 0.3) is 0 Å². The van der Waals surface area contributed by atoms with Gasteiger partial charge in [-0.05, 0) is 65.9 Å². The van der Waals surface area contributed by atoms with Crippen LogP contribution in [0.1, 0.15) is 39.2 Å². The van der Waals surface area contributed by atoms with E-state index in [0.717, 1.165) is 34.3 Å². The highest BCUT2D eigenvalue weighted by atomic mass is 19.1. The molecule has 34 heavy (non-hydrogen) atoms. The van der Waals surface area contributed by atoms with Crippen molar-refractivity contribution in [3.8, 4) is 0 Å². The Bertz CT molecular complexity index is 1380. The summed E-state index contributed by atoms with van der Waals surface area (Å²) in [6, 6.07) is 17.2. The highest BCUT2D eigenvalue weighted by molar-refractivity contribution is 5.87. The molecule has 3 heterocycles. The van der Waals surface area contributed by atoms with Crippen molar-refractivity contribution < 1.29 is 19.1 Å². The molecule has 1 amide bonds. The zero-order valence-electron chi connectivity index (χ0n) is 18.6. The third-order valence-electron chi connectivity index (χ3n) is 6.42. The van der Waals surface area contributed by atoms with Crippen LogP contribution in [0, 0.1) is 5.82 Å². The van der Waals surface area contributed by atoms with Gasteiger partial charge in [0.05, 0.1) is 12.1 Å². The predicted molar refractivity (Wildman–Crippen MR) is 126 cm³/mol. The second-order valence-corrected chi connectivity index (χ2v) is 8.58. The molecule has 2 aromatic heterocycles. The molecule has 0 bridgehead atoms. The summed E-state index contributed by atoms with van der Waals surface area (Å²) in [7, 11) is 0. The zero-order valence-corrected chi connectivity index (χ0v) is 18.6. The summed E-state index contributed by atoms with van der Waals surface area (Å²) < 4.78 is 15.9. The summed E-state index contributed by atoms with van der Waals surface area (Å²) in [6.45, 7) is 1.61. The van der Waals surface area contributed by atoms with Crippen molar-refractivity contribution in [1.82, 2.24) is 14.5 Å². The lowest BCUT2D eigenvalue weighted by Gasteiger charge is -2.29. The maximum Gasteiger partial charge on any atom is 0.335 e.